The quantitative estimate of drug-likeness (QED) is 0.833. The Morgan fingerprint density at radius 3 is 2.61 bits per heavy atom. The van der Waals surface area contributed by atoms with Gasteiger partial charge in [0.25, 0.3) is 5.91 Å². The van der Waals surface area contributed by atoms with Crippen LogP contribution in [0.4, 0.5) is 0 Å². The summed E-state index contributed by atoms with van der Waals surface area (Å²) in [7, 11) is 0. The van der Waals surface area contributed by atoms with Gasteiger partial charge in [-0.05, 0) is 44.5 Å². The first-order chi connectivity index (χ1) is 8.56. The summed E-state index contributed by atoms with van der Waals surface area (Å²) in [6, 6.07) is 6.13. The van der Waals surface area contributed by atoms with Crippen molar-refractivity contribution in [1.82, 2.24) is 10.6 Å². The Bertz CT molecular complexity index is 430. The van der Waals surface area contributed by atoms with Gasteiger partial charge in [0.05, 0.1) is 0 Å². The Balaban J connectivity index is 2.06. The van der Waals surface area contributed by atoms with Crippen LogP contribution in [0.1, 0.15) is 30.1 Å². The molecular weight excluding hydrogens is 360 g/mol. The molecule has 1 aromatic rings. The second kappa shape index (κ2) is 6.17. The molecule has 2 atom stereocenters. The average molecular weight is 376 g/mol. The number of amides is 1. The van der Waals surface area contributed by atoms with Gasteiger partial charge in [-0.2, -0.15) is 0 Å². The normalized spacial score (nSPS) is 23.7. The third kappa shape index (κ3) is 3.56. The highest BCUT2D eigenvalue weighted by Crippen LogP contribution is 2.20. The van der Waals surface area contributed by atoms with Crippen molar-refractivity contribution in [3.05, 3.63) is 32.7 Å². The highest BCUT2D eigenvalue weighted by molar-refractivity contribution is 9.11. The number of carbonyl (C=O) groups is 1. The lowest BCUT2D eigenvalue weighted by Crippen LogP contribution is -2.51. The first-order valence-corrected chi connectivity index (χ1v) is 7.65. The molecule has 0 saturated carbocycles. The minimum Gasteiger partial charge on any atom is -0.348 e. The number of hydrogen-bond acceptors (Lipinski definition) is 2. The lowest BCUT2D eigenvalue weighted by Gasteiger charge is -2.30. The van der Waals surface area contributed by atoms with Crippen LogP contribution in [0.15, 0.2) is 27.1 Å². The predicted molar refractivity (Wildman–Crippen MR) is 79.8 cm³/mol. The number of nitrogens with one attached hydrogen (secondary N) is 2. The van der Waals surface area contributed by atoms with Crippen molar-refractivity contribution in [3.63, 3.8) is 0 Å². The smallest absolute Gasteiger partial charge is 0.251 e. The first kappa shape index (κ1) is 14.0. The summed E-state index contributed by atoms with van der Waals surface area (Å²) in [5.41, 5.74) is 0.675. The first-order valence-electron chi connectivity index (χ1n) is 6.06. The molecule has 1 amide bonds. The van der Waals surface area contributed by atoms with Gasteiger partial charge in [-0.3, -0.25) is 4.79 Å². The van der Waals surface area contributed by atoms with E-state index in [0.29, 0.717) is 11.6 Å². The summed E-state index contributed by atoms with van der Waals surface area (Å²) in [6.07, 6.45) is 2.15. The molecule has 1 saturated heterocycles. The second-order valence-electron chi connectivity index (χ2n) is 4.62. The van der Waals surface area contributed by atoms with Gasteiger partial charge in [0.15, 0.2) is 0 Å². The minimum absolute atomic E-state index is 0.0162. The Labute approximate surface area is 124 Å². The topological polar surface area (TPSA) is 41.1 Å². The van der Waals surface area contributed by atoms with Gasteiger partial charge in [0, 0.05) is 26.6 Å². The average Bonchev–Trinajstić information content (AvgIpc) is 2.31. The maximum absolute atomic E-state index is 12.2. The number of halogens is 2. The van der Waals surface area contributed by atoms with Crippen molar-refractivity contribution in [1.29, 1.82) is 0 Å². The van der Waals surface area contributed by atoms with Gasteiger partial charge in [0.2, 0.25) is 0 Å². The molecule has 98 valence electrons. The Kier molecular flexibility index (Phi) is 4.81. The van der Waals surface area contributed by atoms with Crippen LogP contribution in [0.3, 0.4) is 0 Å². The standard InChI is InChI=1S/C13H16Br2N2O/c1-8-12(3-2-4-16-8)17-13(18)9-5-10(14)7-11(15)6-9/h5-8,12,16H,2-4H2,1H3,(H,17,18). The van der Waals surface area contributed by atoms with E-state index in [-0.39, 0.29) is 11.9 Å². The zero-order valence-corrected chi connectivity index (χ0v) is 13.3. The summed E-state index contributed by atoms with van der Waals surface area (Å²) in [4.78, 5) is 12.2. The van der Waals surface area contributed by atoms with Gasteiger partial charge in [-0.1, -0.05) is 31.9 Å². The number of carbonyl (C=O) groups excluding carboxylic acids is 1. The summed E-state index contributed by atoms with van der Waals surface area (Å²) in [5, 5.41) is 6.47. The third-order valence-corrected chi connectivity index (χ3v) is 4.12. The van der Waals surface area contributed by atoms with E-state index in [1.54, 1.807) is 0 Å². The van der Waals surface area contributed by atoms with Crippen LogP contribution in [-0.2, 0) is 0 Å². The summed E-state index contributed by atoms with van der Waals surface area (Å²) >= 11 is 6.79. The molecule has 0 radical (unpaired) electrons. The van der Waals surface area contributed by atoms with Gasteiger partial charge < -0.3 is 10.6 Å². The minimum atomic E-state index is -0.0162. The molecule has 1 aliphatic rings. The molecule has 18 heavy (non-hydrogen) atoms. The molecule has 1 aliphatic heterocycles. The molecule has 0 aliphatic carbocycles. The molecular formula is C13H16Br2N2O. The lowest BCUT2D eigenvalue weighted by atomic mass is 9.99. The molecule has 1 aromatic carbocycles. The Morgan fingerprint density at radius 2 is 2.00 bits per heavy atom. The molecule has 1 heterocycles. The maximum Gasteiger partial charge on any atom is 0.251 e. The number of rotatable bonds is 2. The van der Waals surface area contributed by atoms with E-state index in [2.05, 4.69) is 49.4 Å². The van der Waals surface area contributed by atoms with Gasteiger partial charge >= 0.3 is 0 Å². The molecule has 3 nitrogen and oxygen atoms in total. The van der Waals surface area contributed by atoms with Crippen molar-refractivity contribution in [2.75, 3.05) is 6.54 Å². The number of piperidine rings is 1. The van der Waals surface area contributed by atoms with Crippen LogP contribution >= 0.6 is 31.9 Å². The molecule has 5 heteroatoms. The number of hydrogen-bond donors (Lipinski definition) is 2. The summed E-state index contributed by atoms with van der Waals surface area (Å²) < 4.78 is 1.80. The van der Waals surface area contributed by atoms with Crippen LogP contribution in [-0.4, -0.2) is 24.5 Å². The molecule has 2 N–H and O–H groups in total. The fourth-order valence-electron chi connectivity index (χ4n) is 2.18. The maximum atomic E-state index is 12.2. The van der Waals surface area contributed by atoms with Crippen molar-refractivity contribution >= 4 is 37.8 Å². The Hall–Kier alpha value is -0.390. The van der Waals surface area contributed by atoms with E-state index in [1.807, 2.05) is 18.2 Å². The Morgan fingerprint density at radius 1 is 1.33 bits per heavy atom. The highest BCUT2D eigenvalue weighted by Gasteiger charge is 2.22. The van der Waals surface area contributed by atoms with Gasteiger partial charge in [0.1, 0.15) is 0 Å². The van der Waals surface area contributed by atoms with E-state index in [1.165, 1.54) is 0 Å². The van der Waals surface area contributed by atoms with E-state index < -0.39 is 0 Å². The van der Waals surface area contributed by atoms with Crippen molar-refractivity contribution in [3.8, 4) is 0 Å². The monoisotopic (exact) mass is 374 g/mol. The van der Waals surface area contributed by atoms with E-state index in [4.69, 9.17) is 0 Å². The molecule has 2 rings (SSSR count). The second-order valence-corrected chi connectivity index (χ2v) is 6.45. The van der Waals surface area contributed by atoms with Crippen LogP contribution in [0.25, 0.3) is 0 Å². The van der Waals surface area contributed by atoms with Gasteiger partial charge in [-0.15, -0.1) is 0 Å². The molecule has 0 spiro atoms. The molecule has 0 bridgehead atoms. The van der Waals surface area contributed by atoms with Crippen LogP contribution in [0.5, 0.6) is 0 Å². The fourth-order valence-corrected chi connectivity index (χ4v) is 3.47. The van der Waals surface area contributed by atoms with E-state index in [9.17, 15) is 4.79 Å². The zero-order chi connectivity index (χ0) is 13.1. The van der Waals surface area contributed by atoms with Crippen LogP contribution in [0, 0.1) is 0 Å². The number of benzene rings is 1. The summed E-state index contributed by atoms with van der Waals surface area (Å²) in [6.45, 7) is 3.15. The fraction of sp³-hybridized carbons (Fsp3) is 0.462. The molecule has 0 aromatic heterocycles. The third-order valence-electron chi connectivity index (χ3n) is 3.20. The van der Waals surface area contributed by atoms with Crippen LogP contribution < -0.4 is 10.6 Å². The SMILES string of the molecule is CC1NCCCC1NC(=O)c1cc(Br)cc(Br)c1. The van der Waals surface area contributed by atoms with Crippen molar-refractivity contribution < 1.29 is 4.79 Å². The lowest BCUT2D eigenvalue weighted by molar-refractivity contribution is 0.0919. The van der Waals surface area contributed by atoms with E-state index >= 15 is 0 Å². The largest absolute Gasteiger partial charge is 0.348 e. The van der Waals surface area contributed by atoms with Crippen LogP contribution in [0.2, 0.25) is 0 Å². The molecule has 2 unspecified atom stereocenters. The van der Waals surface area contributed by atoms with Gasteiger partial charge in [-0.25, -0.2) is 0 Å². The predicted octanol–water partition coefficient (Wildman–Crippen LogP) is 3.08. The zero-order valence-electron chi connectivity index (χ0n) is 10.2. The highest BCUT2D eigenvalue weighted by atomic mass is 79.9. The summed E-state index contributed by atoms with van der Waals surface area (Å²) in [5.74, 6) is -0.0162. The molecule has 1 fully saturated rings. The van der Waals surface area contributed by atoms with Crippen molar-refractivity contribution in [2.45, 2.75) is 31.8 Å². The van der Waals surface area contributed by atoms with Crippen molar-refractivity contribution in [2.24, 2.45) is 0 Å². The van der Waals surface area contributed by atoms with E-state index in [0.717, 1.165) is 28.3 Å².